The van der Waals surface area contributed by atoms with E-state index in [1.807, 2.05) is 36.5 Å². The van der Waals surface area contributed by atoms with Crippen LogP contribution in [0.25, 0.3) is 0 Å². The summed E-state index contributed by atoms with van der Waals surface area (Å²) >= 11 is 0. The predicted octanol–water partition coefficient (Wildman–Crippen LogP) is 1.65. The molecule has 0 spiro atoms. The Balaban J connectivity index is 2.44. The Bertz CT molecular complexity index is 406. The van der Waals surface area contributed by atoms with Gasteiger partial charge in [-0.15, -0.1) is 0 Å². The molecule has 0 aromatic carbocycles. The van der Waals surface area contributed by atoms with Gasteiger partial charge in [-0.05, 0) is 28.7 Å². The first-order valence-corrected chi connectivity index (χ1v) is 5.03. The molecule has 0 amide bonds. The summed E-state index contributed by atoms with van der Waals surface area (Å²) in [5.41, 5.74) is 4.14. The van der Waals surface area contributed by atoms with Gasteiger partial charge in [0.05, 0.1) is 13.2 Å². The van der Waals surface area contributed by atoms with Gasteiger partial charge in [-0.25, -0.2) is 0 Å². The van der Waals surface area contributed by atoms with Gasteiger partial charge in [-0.2, -0.15) is 0 Å². The van der Waals surface area contributed by atoms with Gasteiger partial charge < -0.3 is 10.2 Å². The van der Waals surface area contributed by atoms with Crippen molar-refractivity contribution in [1.82, 2.24) is 0 Å². The van der Waals surface area contributed by atoms with E-state index in [0.29, 0.717) is 0 Å². The third-order valence-electron chi connectivity index (χ3n) is 2.74. The van der Waals surface area contributed by atoms with Crippen LogP contribution in [0.15, 0.2) is 58.7 Å². The Morgan fingerprint density at radius 2 is 1.80 bits per heavy atom. The van der Waals surface area contributed by atoms with Crippen molar-refractivity contribution < 1.29 is 10.2 Å². The minimum Gasteiger partial charge on any atom is -0.392 e. The number of hydrogen-bond donors (Lipinski definition) is 2. The molecule has 0 aromatic rings. The maximum absolute atomic E-state index is 9.21. The second-order valence-corrected chi connectivity index (χ2v) is 3.65. The van der Waals surface area contributed by atoms with E-state index in [0.717, 1.165) is 28.7 Å². The maximum atomic E-state index is 9.21. The summed E-state index contributed by atoms with van der Waals surface area (Å²) in [7, 11) is 0. The van der Waals surface area contributed by atoms with Gasteiger partial charge >= 0.3 is 0 Å². The van der Waals surface area contributed by atoms with Crippen LogP contribution in [-0.4, -0.2) is 23.4 Å². The van der Waals surface area contributed by atoms with E-state index in [1.54, 1.807) is 0 Å². The van der Waals surface area contributed by atoms with Crippen molar-refractivity contribution in [2.45, 2.75) is 6.42 Å². The van der Waals surface area contributed by atoms with Gasteiger partial charge in [0, 0.05) is 0 Å². The molecule has 2 rings (SSSR count). The third-order valence-corrected chi connectivity index (χ3v) is 2.74. The smallest absolute Gasteiger partial charge is 0.0684 e. The molecule has 2 aliphatic rings. The molecular formula is C13H14O2. The summed E-state index contributed by atoms with van der Waals surface area (Å²) in [4.78, 5) is 0. The van der Waals surface area contributed by atoms with Crippen LogP contribution in [-0.2, 0) is 0 Å². The summed E-state index contributed by atoms with van der Waals surface area (Å²) in [5.74, 6) is 0. The van der Waals surface area contributed by atoms with Gasteiger partial charge in [0.2, 0.25) is 0 Å². The lowest BCUT2D eigenvalue weighted by Crippen LogP contribution is -1.96. The van der Waals surface area contributed by atoms with E-state index >= 15 is 0 Å². The molecule has 0 saturated carbocycles. The second kappa shape index (κ2) is 4.43. The number of aliphatic hydroxyl groups is 2. The highest BCUT2D eigenvalue weighted by molar-refractivity contribution is 5.50. The van der Waals surface area contributed by atoms with E-state index in [1.165, 1.54) is 0 Å². The van der Waals surface area contributed by atoms with Gasteiger partial charge in [0.25, 0.3) is 0 Å². The molecule has 0 saturated heterocycles. The lowest BCUT2D eigenvalue weighted by atomic mass is 9.99. The summed E-state index contributed by atoms with van der Waals surface area (Å²) in [5, 5.41) is 18.4. The summed E-state index contributed by atoms with van der Waals surface area (Å²) < 4.78 is 0. The monoisotopic (exact) mass is 202 g/mol. The largest absolute Gasteiger partial charge is 0.392 e. The Morgan fingerprint density at radius 1 is 1.00 bits per heavy atom. The van der Waals surface area contributed by atoms with Crippen LogP contribution in [0.1, 0.15) is 6.42 Å². The van der Waals surface area contributed by atoms with Gasteiger partial charge in [0.1, 0.15) is 0 Å². The minimum atomic E-state index is 0.0613. The Hall–Kier alpha value is -1.38. The van der Waals surface area contributed by atoms with Crippen molar-refractivity contribution in [1.29, 1.82) is 0 Å². The van der Waals surface area contributed by atoms with Crippen molar-refractivity contribution in [3.8, 4) is 0 Å². The van der Waals surface area contributed by atoms with Crippen molar-refractivity contribution in [3.63, 3.8) is 0 Å². The van der Waals surface area contributed by atoms with Gasteiger partial charge in [-0.3, -0.25) is 0 Å². The molecule has 2 heteroatoms. The quantitative estimate of drug-likeness (QED) is 0.714. The van der Waals surface area contributed by atoms with E-state index in [2.05, 4.69) is 0 Å². The predicted molar refractivity (Wildman–Crippen MR) is 60.3 cm³/mol. The highest BCUT2D eigenvalue weighted by Crippen LogP contribution is 2.27. The topological polar surface area (TPSA) is 40.5 Å². The molecular weight excluding hydrogens is 188 g/mol. The van der Waals surface area contributed by atoms with E-state index < -0.39 is 0 Å². The lowest BCUT2D eigenvalue weighted by Gasteiger charge is -2.08. The highest BCUT2D eigenvalue weighted by Gasteiger charge is 2.12. The van der Waals surface area contributed by atoms with Crippen LogP contribution in [0.3, 0.4) is 0 Å². The minimum absolute atomic E-state index is 0.0613. The summed E-state index contributed by atoms with van der Waals surface area (Å²) in [6.07, 6.45) is 12.5. The molecule has 0 atom stereocenters. The molecule has 2 N–H and O–H groups in total. The average molecular weight is 202 g/mol. The first-order chi connectivity index (χ1) is 7.35. The maximum Gasteiger partial charge on any atom is 0.0684 e. The Morgan fingerprint density at radius 3 is 2.53 bits per heavy atom. The van der Waals surface area contributed by atoms with Crippen molar-refractivity contribution >= 4 is 0 Å². The van der Waals surface area contributed by atoms with Crippen LogP contribution >= 0.6 is 0 Å². The van der Waals surface area contributed by atoms with Gasteiger partial charge in [-0.1, -0.05) is 36.5 Å². The fourth-order valence-electron chi connectivity index (χ4n) is 1.85. The molecule has 2 bridgehead atoms. The van der Waals surface area contributed by atoms with E-state index in [9.17, 15) is 10.2 Å². The van der Waals surface area contributed by atoms with E-state index in [-0.39, 0.29) is 13.2 Å². The molecule has 2 nitrogen and oxygen atoms in total. The van der Waals surface area contributed by atoms with E-state index in [4.69, 9.17) is 0 Å². The number of allylic oxidation sites excluding steroid dienone is 6. The molecule has 2 aliphatic carbocycles. The fourth-order valence-corrected chi connectivity index (χ4v) is 1.85. The molecule has 0 unspecified atom stereocenters. The van der Waals surface area contributed by atoms with Crippen LogP contribution in [0, 0.1) is 0 Å². The molecule has 0 heterocycles. The Labute approximate surface area is 89.2 Å². The van der Waals surface area contributed by atoms with Crippen LogP contribution in [0.4, 0.5) is 0 Å². The highest BCUT2D eigenvalue weighted by atomic mass is 16.3. The van der Waals surface area contributed by atoms with Crippen LogP contribution in [0.5, 0.6) is 0 Å². The second-order valence-electron chi connectivity index (χ2n) is 3.65. The molecule has 0 aromatic heterocycles. The lowest BCUT2D eigenvalue weighted by molar-refractivity contribution is 0.332. The van der Waals surface area contributed by atoms with Crippen molar-refractivity contribution in [3.05, 3.63) is 58.7 Å². The van der Waals surface area contributed by atoms with Gasteiger partial charge in [0.15, 0.2) is 0 Å². The van der Waals surface area contributed by atoms with Crippen molar-refractivity contribution in [2.24, 2.45) is 0 Å². The average Bonchev–Trinajstić information content (AvgIpc) is 2.58. The molecule has 78 valence electrons. The first-order valence-electron chi connectivity index (χ1n) is 5.03. The molecule has 15 heavy (non-hydrogen) atoms. The zero-order chi connectivity index (χ0) is 10.7. The number of aliphatic hydroxyl groups excluding tert-OH is 2. The molecule has 0 fully saturated rings. The summed E-state index contributed by atoms with van der Waals surface area (Å²) in [6, 6.07) is 0. The van der Waals surface area contributed by atoms with Crippen molar-refractivity contribution in [2.75, 3.05) is 13.2 Å². The zero-order valence-electron chi connectivity index (χ0n) is 8.48. The fraction of sp³-hybridized carbons (Fsp3) is 0.231. The SMILES string of the molecule is OCC1=CC=CC2=C(CO)C=CC=C1C2. The van der Waals surface area contributed by atoms with Crippen LogP contribution in [0.2, 0.25) is 0 Å². The van der Waals surface area contributed by atoms with Crippen LogP contribution < -0.4 is 0 Å². The normalized spacial score (nSPS) is 19.6. The Kier molecular flexibility index (Phi) is 2.99. The third kappa shape index (κ3) is 2.01. The standard InChI is InChI=1S/C13H14O2/c14-8-12-5-1-3-10-7-11(12)4-2-6-13(10)9-15/h1-6,14-15H,7-9H2. The first kappa shape index (κ1) is 10.1. The number of fused-ring (bicyclic) bond motifs is 2. The molecule has 0 aliphatic heterocycles. The molecule has 0 radical (unpaired) electrons. The summed E-state index contributed by atoms with van der Waals surface area (Å²) in [6.45, 7) is 0.123. The number of rotatable bonds is 2. The zero-order valence-corrected chi connectivity index (χ0v) is 8.48. The number of hydrogen-bond acceptors (Lipinski definition) is 2.